The van der Waals surface area contributed by atoms with Gasteiger partial charge in [0.15, 0.2) is 0 Å². The van der Waals surface area contributed by atoms with Gasteiger partial charge in [0.25, 0.3) is 5.91 Å². The van der Waals surface area contributed by atoms with Crippen molar-refractivity contribution in [2.75, 3.05) is 5.73 Å². The van der Waals surface area contributed by atoms with Gasteiger partial charge in [-0.15, -0.1) is 0 Å². The van der Waals surface area contributed by atoms with Crippen molar-refractivity contribution in [3.05, 3.63) is 53.9 Å². The Morgan fingerprint density at radius 2 is 2.00 bits per heavy atom. The Hall–Kier alpha value is -2.23. The molecule has 1 amide bonds. The molecule has 1 unspecified atom stereocenters. The van der Waals surface area contributed by atoms with Crippen LogP contribution in [0.3, 0.4) is 0 Å². The minimum Gasteiger partial charge on any atom is -0.399 e. The number of rotatable bonds is 4. The van der Waals surface area contributed by atoms with Crippen LogP contribution in [0.5, 0.6) is 0 Å². The highest BCUT2D eigenvalue weighted by Gasteiger charge is 2.23. The first-order valence-electron chi connectivity index (χ1n) is 7.48. The van der Waals surface area contributed by atoms with Crippen LogP contribution < -0.4 is 11.1 Å². The molecule has 0 bridgehead atoms. The van der Waals surface area contributed by atoms with E-state index in [0.717, 1.165) is 16.9 Å². The van der Waals surface area contributed by atoms with E-state index < -0.39 is 0 Å². The summed E-state index contributed by atoms with van der Waals surface area (Å²) in [6.07, 6.45) is 5.60. The molecule has 1 aromatic heterocycles. The third kappa shape index (κ3) is 2.79. The first-order chi connectivity index (χ1) is 10.1. The highest BCUT2D eigenvalue weighted by Crippen LogP contribution is 2.32. The maximum atomic E-state index is 12.5. The van der Waals surface area contributed by atoms with Crippen LogP contribution in [-0.2, 0) is 0 Å². The standard InChI is InChI=1S/C17H21N3O/c1-12(13-7-9-14(18)10-8-13)19-17(21)16-6-3-11-20(16)15-4-2-5-15/h3,6-12,15H,2,4-5,18H2,1H3,(H,19,21). The van der Waals surface area contributed by atoms with E-state index in [4.69, 9.17) is 5.73 Å². The largest absolute Gasteiger partial charge is 0.399 e. The summed E-state index contributed by atoms with van der Waals surface area (Å²) in [4.78, 5) is 12.5. The summed E-state index contributed by atoms with van der Waals surface area (Å²) in [7, 11) is 0. The van der Waals surface area contributed by atoms with Crippen LogP contribution in [0.25, 0.3) is 0 Å². The van der Waals surface area contributed by atoms with Crippen LogP contribution in [0.2, 0.25) is 0 Å². The summed E-state index contributed by atoms with van der Waals surface area (Å²) in [6, 6.07) is 11.9. The van der Waals surface area contributed by atoms with E-state index >= 15 is 0 Å². The fourth-order valence-corrected chi connectivity index (χ4v) is 2.71. The normalized spacial score (nSPS) is 16.2. The molecule has 1 aliphatic carbocycles. The van der Waals surface area contributed by atoms with Crippen LogP contribution in [0.15, 0.2) is 42.6 Å². The minimum atomic E-state index is -0.0390. The SMILES string of the molecule is CC(NC(=O)c1cccn1C1CCC1)c1ccc(N)cc1. The smallest absolute Gasteiger partial charge is 0.268 e. The number of amides is 1. The average molecular weight is 283 g/mol. The van der Waals surface area contributed by atoms with Crippen LogP contribution >= 0.6 is 0 Å². The number of nitrogens with one attached hydrogen (secondary N) is 1. The zero-order valence-corrected chi connectivity index (χ0v) is 12.3. The zero-order chi connectivity index (χ0) is 14.8. The quantitative estimate of drug-likeness (QED) is 0.846. The molecule has 4 nitrogen and oxygen atoms in total. The molecule has 0 saturated heterocycles. The van der Waals surface area contributed by atoms with Crippen molar-refractivity contribution in [2.45, 2.75) is 38.3 Å². The van der Waals surface area contributed by atoms with E-state index in [2.05, 4.69) is 9.88 Å². The van der Waals surface area contributed by atoms with Crippen LogP contribution in [0.1, 0.15) is 54.3 Å². The molecule has 0 radical (unpaired) electrons. The molecule has 21 heavy (non-hydrogen) atoms. The second-order valence-electron chi connectivity index (χ2n) is 5.75. The summed E-state index contributed by atoms with van der Waals surface area (Å²) < 4.78 is 2.11. The number of aromatic nitrogens is 1. The molecule has 1 aliphatic rings. The fraction of sp³-hybridized carbons (Fsp3) is 0.353. The Morgan fingerprint density at radius 1 is 1.29 bits per heavy atom. The van der Waals surface area contributed by atoms with Crippen molar-refractivity contribution in [1.82, 2.24) is 9.88 Å². The molecule has 1 fully saturated rings. The molecule has 3 N–H and O–H groups in total. The maximum absolute atomic E-state index is 12.5. The average Bonchev–Trinajstić information content (AvgIpc) is 2.86. The van der Waals surface area contributed by atoms with E-state index in [1.54, 1.807) is 0 Å². The predicted octanol–water partition coefficient (Wildman–Crippen LogP) is 3.29. The van der Waals surface area contributed by atoms with Gasteiger partial charge < -0.3 is 15.6 Å². The minimum absolute atomic E-state index is 0.0174. The molecule has 0 aliphatic heterocycles. The highest BCUT2D eigenvalue weighted by atomic mass is 16.2. The molecule has 4 heteroatoms. The van der Waals surface area contributed by atoms with Gasteiger partial charge in [0.1, 0.15) is 5.69 Å². The monoisotopic (exact) mass is 283 g/mol. The van der Waals surface area contributed by atoms with Crippen molar-refractivity contribution in [3.8, 4) is 0 Å². The Morgan fingerprint density at radius 3 is 2.62 bits per heavy atom. The first-order valence-corrected chi connectivity index (χ1v) is 7.48. The van der Waals surface area contributed by atoms with Gasteiger partial charge in [0, 0.05) is 17.9 Å². The molecule has 2 aromatic rings. The first kappa shape index (κ1) is 13.7. The van der Waals surface area contributed by atoms with E-state index in [9.17, 15) is 4.79 Å². The van der Waals surface area contributed by atoms with Crippen molar-refractivity contribution < 1.29 is 4.79 Å². The van der Waals surface area contributed by atoms with Crippen LogP contribution in [0, 0.1) is 0 Å². The highest BCUT2D eigenvalue weighted by molar-refractivity contribution is 5.93. The van der Waals surface area contributed by atoms with Gasteiger partial charge in [-0.05, 0) is 56.0 Å². The lowest BCUT2D eigenvalue weighted by Gasteiger charge is -2.29. The molecular formula is C17H21N3O. The molecule has 1 atom stereocenters. The molecule has 3 rings (SSSR count). The lowest BCUT2D eigenvalue weighted by Crippen LogP contribution is -2.30. The summed E-state index contributed by atoms with van der Waals surface area (Å²) in [5, 5.41) is 3.06. The topological polar surface area (TPSA) is 60.0 Å². The summed E-state index contributed by atoms with van der Waals surface area (Å²) in [5.41, 5.74) is 8.23. The molecular weight excluding hydrogens is 262 g/mol. The Labute approximate surface area is 125 Å². The Balaban J connectivity index is 1.71. The maximum Gasteiger partial charge on any atom is 0.268 e. The van der Waals surface area contributed by atoms with Gasteiger partial charge in [-0.1, -0.05) is 12.1 Å². The molecule has 1 aromatic carbocycles. The van der Waals surface area contributed by atoms with Gasteiger partial charge in [0.05, 0.1) is 6.04 Å². The van der Waals surface area contributed by atoms with Gasteiger partial charge in [-0.25, -0.2) is 0 Å². The van der Waals surface area contributed by atoms with Crippen molar-refractivity contribution in [1.29, 1.82) is 0 Å². The predicted molar refractivity (Wildman–Crippen MR) is 84.1 cm³/mol. The molecule has 1 saturated carbocycles. The second kappa shape index (κ2) is 5.64. The number of hydrogen-bond donors (Lipinski definition) is 2. The zero-order valence-electron chi connectivity index (χ0n) is 12.3. The Kier molecular flexibility index (Phi) is 3.69. The van der Waals surface area contributed by atoms with Crippen LogP contribution in [0.4, 0.5) is 5.69 Å². The van der Waals surface area contributed by atoms with E-state index in [1.807, 2.05) is 49.5 Å². The number of benzene rings is 1. The second-order valence-corrected chi connectivity index (χ2v) is 5.75. The molecule has 110 valence electrons. The van der Waals surface area contributed by atoms with Crippen molar-refractivity contribution >= 4 is 11.6 Å². The summed E-state index contributed by atoms with van der Waals surface area (Å²) in [5.74, 6) is -0.0174. The third-order valence-corrected chi connectivity index (χ3v) is 4.26. The number of nitrogen functional groups attached to an aromatic ring is 1. The number of nitrogens with two attached hydrogens (primary N) is 1. The lowest BCUT2D eigenvalue weighted by atomic mass is 9.93. The van der Waals surface area contributed by atoms with E-state index in [1.165, 1.54) is 19.3 Å². The fourth-order valence-electron chi connectivity index (χ4n) is 2.71. The number of anilines is 1. The van der Waals surface area contributed by atoms with Gasteiger partial charge in [0.2, 0.25) is 0 Å². The van der Waals surface area contributed by atoms with Crippen molar-refractivity contribution in [2.24, 2.45) is 0 Å². The summed E-state index contributed by atoms with van der Waals surface area (Å²) in [6.45, 7) is 1.99. The number of nitrogens with zero attached hydrogens (tertiary/aromatic N) is 1. The van der Waals surface area contributed by atoms with Gasteiger partial charge in [-0.3, -0.25) is 4.79 Å². The van der Waals surface area contributed by atoms with Crippen LogP contribution in [-0.4, -0.2) is 10.5 Å². The number of carbonyl (C=O) groups is 1. The number of carbonyl (C=O) groups excluding carboxylic acids is 1. The third-order valence-electron chi connectivity index (χ3n) is 4.26. The number of hydrogen-bond acceptors (Lipinski definition) is 2. The van der Waals surface area contributed by atoms with E-state index in [0.29, 0.717) is 6.04 Å². The lowest BCUT2D eigenvalue weighted by molar-refractivity contribution is 0.0924. The Bertz CT molecular complexity index is 626. The molecule has 0 spiro atoms. The molecule has 1 heterocycles. The van der Waals surface area contributed by atoms with E-state index in [-0.39, 0.29) is 11.9 Å². The van der Waals surface area contributed by atoms with Gasteiger partial charge >= 0.3 is 0 Å². The van der Waals surface area contributed by atoms with Crippen molar-refractivity contribution in [3.63, 3.8) is 0 Å². The summed E-state index contributed by atoms with van der Waals surface area (Å²) >= 11 is 0. The van der Waals surface area contributed by atoms with Gasteiger partial charge in [-0.2, -0.15) is 0 Å².